The second-order valence-corrected chi connectivity index (χ2v) is 6.34. The summed E-state index contributed by atoms with van der Waals surface area (Å²) in [7, 11) is 0. The van der Waals surface area contributed by atoms with Crippen LogP contribution in [0.1, 0.15) is 32.1 Å². The van der Waals surface area contributed by atoms with Crippen LogP contribution in [0.15, 0.2) is 0 Å². The predicted molar refractivity (Wildman–Crippen MR) is 84.7 cm³/mol. The summed E-state index contributed by atoms with van der Waals surface area (Å²) in [5, 5.41) is 7.47. The Hall–Kier alpha value is 0.130. The molecule has 2 saturated heterocycles. The number of nitrogens with zero attached hydrogens (tertiary/aromatic N) is 1. The van der Waals surface area contributed by atoms with Gasteiger partial charge in [-0.25, -0.2) is 0 Å². The van der Waals surface area contributed by atoms with Gasteiger partial charge in [-0.1, -0.05) is 6.42 Å². The first-order valence-corrected chi connectivity index (χ1v) is 8.20. The molecular weight excluding hydrogens is 274 g/mol. The number of hydrogen-bond acceptors (Lipinski definition) is 4. The normalized spacial score (nSPS) is 35.1. The highest BCUT2D eigenvalue weighted by molar-refractivity contribution is 5.85. The summed E-state index contributed by atoms with van der Waals surface area (Å²) in [4.78, 5) is 2.60. The Kier molecular flexibility index (Phi) is 7.05. The molecular formula is C15H30ClN3O. The van der Waals surface area contributed by atoms with Crippen LogP contribution in [0.2, 0.25) is 0 Å². The van der Waals surface area contributed by atoms with E-state index in [0.717, 1.165) is 32.2 Å². The first-order valence-electron chi connectivity index (χ1n) is 8.20. The highest BCUT2D eigenvalue weighted by Gasteiger charge is 2.34. The van der Waals surface area contributed by atoms with E-state index in [1.54, 1.807) is 0 Å². The molecule has 3 aliphatic rings. The van der Waals surface area contributed by atoms with Gasteiger partial charge in [-0.15, -0.1) is 12.4 Å². The summed E-state index contributed by atoms with van der Waals surface area (Å²) in [6.07, 6.45) is 6.89. The third-order valence-corrected chi connectivity index (χ3v) is 5.07. The van der Waals surface area contributed by atoms with Gasteiger partial charge in [0.25, 0.3) is 0 Å². The van der Waals surface area contributed by atoms with Crippen LogP contribution < -0.4 is 10.6 Å². The molecule has 3 unspecified atom stereocenters. The van der Waals surface area contributed by atoms with Gasteiger partial charge in [-0.05, 0) is 44.7 Å². The average molecular weight is 304 g/mol. The zero-order chi connectivity index (χ0) is 12.9. The van der Waals surface area contributed by atoms with Crippen LogP contribution in [0.3, 0.4) is 0 Å². The van der Waals surface area contributed by atoms with Crippen molar-refractivity contribution < 1.29 is 4.74 Å². The van der Waals surface area contributed by atoms with E-state index in [0.29, 0.717) is 12.1 Å². The Morgan fingerprint density at radius 3 is 2.75 bits per heavy atom. The minimum atomic E-state index is 0. The van der Waals surface area contributed by atoms with Crippen LogP contribution >= 0.6 is 12.4 Å². The van der Waals surface area contributed by atoms with E-state index in [1.165, 1.54) is 51.7 Å². The Balaban J connectivity index is 0.00000147. The molecule has 2 aliphatic heterocycles. The summed E-state index contributed by atoms with van der Waals surface area (Å²) in [6, 6.07) is 1.29. The highest BCUT2D eigenvalue weighted by atomic mass is 35.5. The molecule has 0 bridgehead atoms. The number of ether oxygens (including phenoxy) is 1. The van der Waals surface area contributed by atoms with Crippen molar-refractivity contribution in [1.29, 1.82) is 0 Å². The molecule has 0 spiro atoms. The lowest BCUT2D eigenvalue weighted by Crippen LogP contribution is -2.51. The summed E-state index contributed by atoms with van der Waals surface area (Å²) < 4.78 is 5.63. The SMILES string of the molecule is C1CC(NCCN2CCCC2)C(C2COCCN2)C1.Cl. The fourth-order valence-electron chi connectivity index (χ4n) is 4.00. The van der Waals surface area contributed by atoms with E-state index in [1.807, 2.05) is 0 Å². The maximum atomic E-state index is 5.63. The molecule has 0 radical (unpaired) electrons. The Morgan fingerprint density at radius 2 is 2.00 bits per heavy atom. The topological polar surface area (TPSA) is 36.5 Å². The molecule has 2 heterocycles. The lowest BCUT2D eigenvalue weighted by molar-refractivity contribution is 0.0524. The predicted octanol–water partition coefficient (Wildman–Crippen LogP) is 1.25. The molecule has 3 atom stereocenters. The monoisotopic (exact) mass is 303 g/mol. The van der Waals surface area contributed by atoms with E-state index in [4.69, 9.17) is 4.74 Å². The third kappa shape index (κ3) is 4.31. The van der Waals surface area contributed by atoms with Crippen molar-refractivity contribution in [3.05, 3.63) is 0 Å². The molecule has 1 aliphatic carbocycles. The van der Waals surface area contributed by atoms with Crippen molar-refractivity contribution in [2.45, 2.75) is 44.2 Å². The molecule has 4 nitrogen and oxygen atoms in total. The second kappa shape index (κ2) is 8.54. The molecule has 118 valence electrons. The van der Waals surface area contributed by atoms with E-state index in [2.05, 4.69) is 15.5 Å². The number of halogens is 1. The molecule has 1 saturated carbocycles. The minimum Gasteiger partial charge on any atom is -0.379 e. The number of hydrogen-bond donors (Lipinski definition) is 2. The van der Waals surface area contributed by atoms with Gasteiger partial charge in [0.1, 0.15) is 0 Å². The molecule has 3 fully saturated rings. The Labute approximate surface area is 129 Å². The lowest BCUT2D eigenvalue weighted by Gasteiger charge is -2.33. The zero-order valence-corrected chi connectivity index (χ0v) is 13.3. The van der Waals surface area contributed by atoms with Crippen molar-refractivity contribution in [1.82, 2.24) is 15.5 Å². The minimum absolute atomic E-state index is 0. The molecule has 0 amide bonds. The molecule has 0 aromatic carbocycles. The Bertz CT molecular complexity index is 268. The molecule has 20 heavy (non-hydrogen) atoms. The van der Waals surface area contributed by atoms with Crippen LogP contribution in [-0.2, 0) is 4.74 Å². The van der Waals surface area contributed by atoms with E-state index in [9.17, 15) is 0 Å². The fourth-order valence-corrected chi connectivity index (χ4v) is 4.00. The summed E-state index contributed by atoms with van der Waals surface area (Å²) in [5.41, 5.74) is 0. The van der Waals surface area contributed by atoms with Crippen LogP contribution in [0.25, 0.3) is 0 Å². The Morgan fingerprint density at radius 1 is 1.15 bits per heavy atom. The van der Waals surface area contributed by atoms with Gasteiger partial charge >= 0.3 is 0 Å². The van der Waals surface area contributed by atoms with E-state index >= 15 is 0 Å². The van der Waals surface area contributed by atoms with Gasteiger partial charge in [0.2, 0.25) is 0 Å². The van der Waals surface area contributed by atoms with Crippen LogP contribution in [0.4, 0.5) is 0 Å². The van der Waals surface area contributed by atoms with E-state index in [-0.39, 0.29) is 12.4 Å². The van der Waals surface area contributed by atoms with Gasteiger partial charge in [0, 0.05) is 31.7 Å². The second-order valence-electron chi connectivity index (χ2n) is 6.34. The molecule has 5 heteroatoms. The molecule has 3 rings (SSSR count). The van der Waals surface area contributed by atoms with Crippen molar-refractivity contribution >= 4 is 12.4 Å². The highest BCUT2D eigenvalue weighted by Crippen LogP contribution is 2.29. The summed E-state index contributed by atoms with van der Waals surface area (Å²) >= 11 is 0. The maximum Gasteiger partial charge on any atom is 0.0623 e. The average Bonchev–Trinajstić information content (AvgIpc) is 3.11. The van der Waals surface area contributed by atoms with E-state index < -0.39 is 0 Å². The summed E-state index contributed by atoms with van der Waals surface area (Å²) in [5.74, 6) is 0.777. The molecule has 2 N–H and O–H groups in total. The first-order chi connectivity index (χ1) is 9.43. The van der Waals surface area contributed by atoms with Crippen LogP contribution in [0.5, 0.6) is 0 Å². The first kappa shape index (κ1) is 16.5. The standard InChI is InChI=1S/C15H29N3O.ClH/c1-2-9-18(8-1)10-6-16-14-5-3-4-13(14)15-12-19-11-7-17-15;/h13-17H,1-12H2;1H. The molecule has 0 aromatic rings. The van der Waals surface area contributed by atoms with Crippen molar-refractivity contribution in [2.24, 2.45) is 5.92 Å². The largest absolute Gasteiger partial charge is 0.379 e. The van der Waals surface area contributed by atoms with Crippen molar-refractivity contribution in [3.63, 3.8) is 0 Å². The zero-order valence-electron chi connectivity index (χ0n) is 12.5. The van der Waals surface area contributed by atoms with Crippen molar-refractivity contribution in [3.8, 4) is 0 Å². The summed E-state index contributed by atoms with van der Waals surface area (Å²) in [6.45, 7) is 7.85. The van der Waals surface area contributed by atoms with Gasteiger partial charge in [0.15, 0.2) is 0 Å². The fraction of sp³-hybridized carbons (Fsp3) is 1.00. The number of morpholine rings is 1. The number of likely N-dealkylation sites (tertiary alicyclic amines) is 1. The smallest absolute Gasteiger partial charge is 0.0623 e. The maximum absolute atomic E-state index is 5.63. The quantitative estimate of drug-likeness (QED) is 0.801. The van der Waals surface area contributed by atoms with Crippen LogP contribution in [0, 0.1) is 5.92 Å². The van der Waals surface area contributed by atoms with Gasteiger partial charge in [-0.3, -0.25) is 0 Å². The van der Waals surface area contributed by atoms with Gasteiger partial charge in [0.05, 0.1) is 13.2 Å². The number of rotatable bonds is 5. The number of nitrogens with one attached hydrogen (secondary N) is 2. The van der Waals surface area contributed by atoms with Gasteiger partial charge < -0.3 is 20.3 Å². The molecule has 0 aromatic heterocycles. The van der Waals surface area contributed by atoms with Crippen LogP contribution in [-0.4, -0.2) is 62.9 Å². The van der Waals surface area contributed by atoms with Crippen molar-refractivity contribution in [2.75, 3.05) is 45.9 Å². The lowest BCUT2D eigenvalue weighted by atomic mass is 9.94. The van der Waals surface area contributed by atoms with Gasteiger partial charge in [-0.2, -0.15) is 0 Å². The third-order valence-electron chi connectivity index (χ3n) is 5.07.